The Kier molecular flexibility index (Phi) is 5.68. The minimum Gasteiger partial charge on any atom is -0.366 e. The van der Waals surface area contributed by atoms with Crippen LogP contribution in [0.25, 0.3) is 0 Å². The van der Waals surface area contributed by atoms with Gasteiger partial charge in [-0.3, -0.25) is 4.79 Å². The molecule has 1 aromatic rings. The van der Waals surface area contributed by atoms with Crippen LogP contribution in [0.2, 0.25) is 0 Å². The standard InChI is InChI=1S/C14H16F4O2/c1-3-5-20-13(12(19)4-2)9-6-10(14(16,17)18)8-11(15)7-9/h6-8,13H,3-5H2,1-2H3. The predicted octanol–water partition coefficient (Wildman–Crippen LogP) is 4.29. The molecule has 20 heavy (non-hydrogen) atoms. The summed E-state index contributed by atoms with van der Waals surface area (Å²) in [4.78, 5) is 11.8. The first-order valence-corrected chi connectivity index (χ1v) is 6.31. The number of benzene rings is 1. The number of halogens is 4. The summed E-state index contributed by atoms with van der Waals surface area (Å²) in [6.07, 6.45) is -5.11. The fraction of sp³-hybridized carbons (Fsp3) is 0.500. The number of hydrogen-bond acceptors (Lipinski definition) is 2. The predicted molar refractivity (Wildman–Crippen MR) is 65.7 cm³/mol. The molecule has 0 bridgehead atoms. The van der Waals surface area contributed by atoms with Crippen molar-refractivity contribution < 1.29 is 27.1 Å². The summed E-state index contributed by atoms with van der Waals surface area (Å²) in [7, 11) is 0. The van der Waals surface area contributed by atoms with Crippen molar-refractivity contribution in [3.63, 3.8) is 0 Å². The maximum Gasteiger partial charge on any atom is 0.416 e. The van der Waals surface area contributed by atoms with Gasteiger partial charge in [0.05, 0.1) is 5.56 Å². The lowest BCUT2D eigenvalue weighted by Gasteiger charge is -2.18. The van der Waals surface area contributed by atoms with Gasteiger partial charge < -0.3 is 4.74 Å². The van der Waals surface area contributed by atoms with Crippen molar-refractivity contribution in [3.05, 3.63) is 35.1 Å². The first-order chi connectivity index (χ1) is 9.29. The Bertz CT molecular complexity index is 469. The smallest absolute Gasteiger partial charge is 0.366 e. The van der Waals surface area contributed by atoms with E-state index in [9.17, 15) is 22.4 Å². The summed E-state index contributed by atoms with van der Waals surface area (Å²) in [6, 6.07) is 2.07. The van der Waals surface area contributed by atoms with E-state index < -0.39 is 23.7 Å². The summed E-state index contributed by atoms with van der Waals surface area (Å²) in [5.41, 5.74) is -1.22. The maximum atomic E-state index is 13.3. The summed E-state index contributed by atoms with van der Waals surface area (Å²) >= 11 is 0. The number of rotatable bonds is 6. The molecular weight excluding hydrogens is 276 g/mol. The summed E-state index contributed by atoms with van der Waals surface area (Å²) in [5, 5.41) is 0. The Morgan fingerprint density at radius 3 is 2.40 bits per heavy atom. The lowest BCUT2D eigenvalue weighted by atomic mass is 10.0. The average molecular weight is 292 g/mol. The van der Waals surface area contributed by atoms with Gasteiger partial charge in [-0.05, 0) is 30.2 Å². The molecule has 0 saturated heterocycles. The van der Waals surface area contributed by atoms with Gasteiger partial charge in [-0.2, -0.15) is 13.2 Å². The van der Waals surface area contributed by atoms with E-state index >= 15 is 0 Å². The van der Waals surface area contributed by atoms with Crippen LogP contribution >= 0.6 is 0 Å². The third-order valence-corrected chi connectivity index (χ3v) is 2.68. The van der Waals surface area contributed by atoms with Gasteiger partial charge in [0.15, 0.2) is 5.78 Å². The highest BCUT2D eigenvalue weighted by atomic mass is 19.4. The van der Waals surface area contributed by atoms with E-state index in [-0.39, 0.29) is 24.4 Å². The maximum absolute atomic E-state index is 13.3. The third kappa shape index (κ3) is 4.30. The second-order valence-electron chi connectivity index (χ2n) is 4.34. The molecule has 0 saturated carbocycles. The molecule has 6 heteroatoms. The number of carbonyl (C=O) groups excluding carboxylic acids is 1. The molecule has 0 aromatic heterocycles. The summed E-state index contributed by atoms with van der Waals surface area (Å²) < 4.78 is 56.6. The fourth-order valence-corrected chi connectivity index (χ4v) is 1.72. The lowest BCUT2D eigenvalue weighted by molar-refractivity contribution is -0.138. The third-order valence-electron chi connectivity index (χ3n) is 2.68. The molecule has 1 rings (SSSR count). The number of carbonyl (C=O) groups is 1. The van der Waals surface area contributed by atoms with Crippen LogP contribution in [-0.2, 0) is 15.7 Å². The van der Waals surface area contributed by atoms with Gasteiger partial charge in [0, 0.05) is 13.0 Å². The lowest BCUT2D eigenvalue weighted by Crippen LogP contribution is -2.17. The van der Waals surface area contributed by atoms with Crippen molar-refractivity contribution in [2.24, 2.45) is 0 Å². The molecule has 0 amide bonds. The monoisotopic (exact) mass is 292 g/mol. The van der Waals surface area contributed by atoms with Crippen LogP contribution in [0.15, 0.2) is 18.2 Å². The van der Waals surface area contributed by atoms with Crippen molar-refractivity contribution in [1.82, 2.24) is 0 Å². The van der Waals surface area contributed by atoms with E-state index in [1.807, 2.05) is 0 Å². The molecular formula is C14H16F4O2. The van der Waals surface area contributed by atoms with Crippen LogP contribution < -0.4 is 0 Å². The van der Waals surface area contributed by atoms with Crippen molar-refractivity contribution in [2.75, 3.05) is 6.61 Å². The van der Waals surface area contributed by atoms with E-state index in [0.29, 0.717) is 12.5 Å². The number of alkyl halides is 3. The highest BCUT2D eigenvalue weighted by Crippen LogP contribution is 2.32. The van der Waals surface area contributed by atoms with Crippen LogP contribution in [0.4, 0.5) is 17.6 Å². The fourth-order valence-electron chi connectivity index (χ4n) is 1.72. The molecule has 0 spiro atoms. The van der Waals surface area contributed by atoms with Crippen LogP contribution in [-0.4, -0.2) is 12.4 Å². The first kappa shape index (κ1) is 16.6. The van der Waals surface area contributed by atoms with E-state index in [4.69, 9.17) is 4.74 Å². The molecule has 112 valence electrons. The normalized spacial score (nSPS) is 13.3. The molecule has 0 radical (unpaired) electrons. The molecule has 0 fully saturated rings. The minimum absolute atomic E-state index is 0.0994. The molecule has 1 unspecified atom stereocenters. The molecule has 0 N–H and O–H groups in total. The quantitative estimate of drug-likeness (QED) is 0.731. The second kappa shape index (κ2) is 6.83. The highest BCUT2D eigenvalue weighted by Gasteiger charge is 2.33. The Hall–Kier alpha value is -1.43. The van der Waals surface area contributed by atoms with E-state index in [1.165, 1.54) is 0 Å². The van der Waals surface area contributed by atoms with E-state index in [1.54, 1.807) is 13.8 Å². The van der Waals surface area contributed by atoms with Crippen molar-refractivity contribution >= 4 is 5.78 Å². The Labute approximate surface area is 114 Å². The number of hydrogen-bond donors (Lipinski definition) is 0. The second-order valence-corrected chi connectivity index (χ2v) is 4.34. The minimum atomic E-state index is -4.67. The topological polar surface area (TPSA) is 26.3 Å². The SMILES string of the molecule is CCCOC(C(=O)CC)c1cc(F)cc(C(F)(F)F)c1. The van der Waals surface area contributed by atoms with Gasteiger partial charge in [-0.15, -0.1) is 0 Å². The van der Waals surface area contributed by atoms with Crippen molar-refractivity contribution in [2.45, 2.75) is 39.0 Å². The zero-order valence-corrected chi connectivity index (χ0v) is 11.3. The molecule has 1 atom stereocenters. The zero-order valence-electron chi connectivity index (χ0n) is 11.3. The van der Waals surface area contributed by atoms with E-state index in [2.05, 4.69) is 0 Å². The van der Waals surface area contributed by atoms with Crippen LogP contribution in [0.5, 0.6) is 0 Å². The van der Waals surface area contributed by atoms with Gasteiger partial charge >= 0.3 is 6.18 Å². The van der Waals surface area contributed by atoms with Gasteiger partial charge in [-0.25, -0.2) is 4.39 Å². The molecule has 0 aliphatic rings. The van der Waals surface area contributed by atoms with Gasteiger partial charge in [0.2, 0.25) is 0 Å². The summed E-state index contributed by atoms with van der Waals surface area (Å²) in [6.45, 7) is 3.60. The highest BCUT2D eigenvalue weighted by molar-refractivity contribution is 5.84. The average Bonchev–Trinajstić information content (AvgIpc) is 2.37. The van der Waals surface area contributed by atoms with Crippen LogP contribution in [0, 0.1) is 5.82 Å². The molecule has 0 aliphatic carbocycles. The number of ketones is 1. The van der Waals surface area contributed by atoms with Gasteiger partial charge in [0.1, 0.15) is 11.9 Å². The first-order valence-electron chi connectivity index (χ1n) is 6.31. The van der Waals surface area contributed by atoms with Crippen molar-refractivity contribution in [1.29, 1.82) is 0 Å². The van der Waals surface area contributed by atoms with E-state index in [0.717, 1.165) is 12.1 Å². The molecule has 0 aliphatic heterocycles. The van der Waals surface area contributed by atoms with Crippen LogP contribution in [0.3, 0.4) is 0 Å². The Morgan fingerprint density at radius 2 is 1.90 bits per heavy atom. The van der Waals surface area contributed by atoms with Crippen LogP contribution in [0.1, 0.15) is 43.9 Å². The number of Topliss-reactive ketones (excluding diaryl/α,β-unsaturated/α-hetero) is 1. The molecule has 0 heterocycles. The summed E-state index contributed by atoms with van der Waals surface area (Å²) in [5.74, 6) is -1.42. The molecule has 1 aromatic carbocycles. The number of ether oxygens (including phenoxy) is 1. The van der Waals surface area contributed by atoms with Gasteiger partial charge in [0.25, 0.3) is 0 Å². The Morgan fingerprint density at radius 1 is 1.25 bits per heavy atom. The molecule has 2 nitrogen and oxygen atoms in total. The Balaban J connectivity index is 3.19. The van der Waals surface area contributed by atoms with Crippen molar-refractivity contribution in [3.8, 4) is 0 Å². The van der Waals surface area contributed by atoms with Gasteiger partial charge in [-0.1, -0.05) is 13.8 Å². The largest absolute Gasteiger partial charge is 0.416 e. The zero-order chi connectivity index (χ0) is 15.3.